The summed E-state index contributed by atoms with van der Waals surface area (Å²) in [5.41, 5.74) is 15.0. The van der Waals surface area contributed by atoms with Crippen LogP contribution in [0.3, 0.4) is 0 Å². The minimum Gasteiger partial charge on any atom is -0.492 e. The number of methoxy groups -OCH3 is 1. The Morgan fingerprint density at radius 2 is 1.41 bits per heavy atom. The van der Waals surface area contributed by atoms with Crippen LogP contribution in [0.15, 0.2) is 54.6 Å². The van der Waals surface area contributed by atoms with Crippen molar-refractivity contribution in [1.29, 1.82) is 0 Å². The molecule has 3 aromatic carbocycles. The molecule has 0 heterocycles. The van der Waals surface area contributed by atoms with Gasteiger partial charge < -0.3 is 16.2 Å². The van der Waals surface area contributed by atoms with Gasteiger partial charge in [-0.3, -0.25) is 0 Å². The number of anilines is 2. The lowest BCUT2D eigenvalue weighted by Gasteiger charge is -2.08. The first-order valence-corrected chi connectivity index (χ1v) is 7.07. The maximum atomic E-state index is 5.94. The maximum absolute atomic E-state index is 5.94. The van der Waals surface area contributed by atoms with Gasteiger partial charge in [0.25, 0.3) is 0 Å². The summed E-state index contributed by atoms with van der Waals surface area (Å²) in [5, 5.41) is 2.45. The topological polar surface area (TPSA) is 61.3 Å². The van der Waals surface area contributed by atoms with Crippen LogP contribution in [0.2, 0.25) is 0 Å². The predicted molar refractivity (Wildman–Crippen MR) is 94.7 cm³/mol. The first-order chi connectivity index (χ1) is 10.7. The zero-order valence-corrected chi connectivity index (χ0v) is 12.4. The first kappa shape index (κ1) is 14.0. The van der Waals surface area contributed by atoms with Crippen LogP contribution in [-0.2, 0) is 0 Å². The third-order valence-corrected chi connectivity index (χ3v) is 3.61. The second-order valence-electron chi connectivity index (χ2n) is 5.17. The van der Waals surface area contributed by atoms with Crippen molar-refractivity contribution < 1.29 is 4.74 Å². The molecular weight excluding hydrogens is 272 g/mol. The van der Waals surface area contributed by atoms with Gasteiger partial charge in [-0.1, -0.05) is 48.6 Å². The molecule has 4 N–H and O–H groups in total. The Kier molecular flexibility index (Phi) is 3.71. The van der Waals surface area contributed by atoms with Gasteiger partial charge in [0, 0.05) is 0 Å². The van der Waals surface area contributed by atoms with E-state index >= 15 is 0 Å². The summed E-state index contributed by atoms with van der Waals surface area (Å²) in [4.78, 5) is 0. The van der Waals surface area contributed by atoms with Crippen LogP contribution in [0.5, 0.6) is 5.75 Å². The molecule has 0 aliphatic rings. The van der Waals surface area contributed by atoms with Crippen LogP contribution < -0.4 is 16.2 Å². The van der Waals surface area contributed by atoms with Gasteiger partial charge in [0.05, 0.1) is 18.5 Å². The summed E-state index contributed by atoms with van der Waals surface area (Å²) in [5.74, 6) is 0.530. The molecule has 0 saturated heterocycles. The van der Waals surface area contributed by atoms with Crippen LogP contribution in [-0.4, -0.2) is 7.11 Å². The van der Waals surface area contributed by atoms with E-state index in [4.69, 9.17) is 16.2 Å². The van der Waals surface area contributed by atoms with E-state index < -0.39 is 0 Å². The number of benzene rings is 3. The highest BCUT2D eigenvalue weighted by Crippen LogP contribution is 2.30. The lowest BCUT2D eigenvalue weighted by atomic mass is 10.1. The van der Waals surface area contributed by atoms with E-state index in [2.05, 4.69) is 30.3 Å². The molecule has 0 unspecified atom stereocenters. The van der Waals surface area contributed by atoms with Crippen LogP contribution in [0, 0.1) is 0 Å². The predicted octanol–water partition coefficient (Wildman–Crippen LogP) is 4.18. The van der Waals surface area contributed by atoms with E-state index in [-0.39, 0.29) is 0 Å². The molecule has 3 aromatic rings. The fraction of sp³-hybridized carbons (Fsp3) is 0.0526. The van der Waals surface area contributed by atoms with Gasteiger partial charge in [-0.2, -0.15) is 0 Å². The zero-order valence-electron chi connectivity index (χ0n) is 12.4. The molecule has 0 saturated carbocycles. The molecule has 3 rings (SSSR count). The highest BCUT2D eigenvalue weighted by molar-refractivity contribution is 5.86. The number of nitrogen functional groups attached to an aromatic ring is 2. The third kappa shape index (κ3) is 2.74. The van der Waals surface area contributed by atoms with Crippen molar-refractivity contribution in [3.8, 4) is 5.75 Å². The highest BCUT2D eigenvalue weighted by atomic mass is 16.5. The van der Waals surface area contributed by atoms with E-state index in [1.165, 1.54) is 10.8 Å². The molecule has 0 atom stereocenters. The molecule has 0 fully saturated rings. The van der Waals surface area contributed by atoms with E-state index in [9.17, 15) is 0 Å². The third-order valence-electron chi connectivity index (χ3n) is 3.61. The standard InChI is InChI=1S/C19H18N2O/c1-22-19-17(20)11-14(12-18(19)21)7-6-13-8-9-15-4-2-3-5-16(15)10-13/h2-12H,20-21H2,1H3/b7-6+. The van der Waals surface area contributed by atoms with Crippen molar-refractivity contribution in [2.24, 2.45) is 0 Å². The molecule has 0 aliphatic carbocycles. The fourth-order valence-electron chi connectivity index (χ4n) is 2.53. The average Bonchev–Trinajstić information content (AvgIpc) is 2.52. The minimum atomic E-state index is 0.530. The summed E-state index contributed by atoms with van der Waals surface area (Å²) >= 11 is 0. The number of ether oxygens (including phenoxy) is 1. The average molecular weight is 290 g/mol. The SMILES string of the molecule is COc1c(N)cc(/C=C/c2ccc3ccccc3c2)cc1N. The van der Waals surface area contributed by atoms with Gasteiger partial charge in [-0.15, -0.1) is 0 Å². The second-order valence-corrected chi connectivity index (χ2v) is 5.17. The summed E-state index contributed by atoms with van der Waals surface area (Å²) in [7, 11) is 1.56. The quantitative estimate of drug-likeness (QED) is 0.562. The van der Waals surface area contributed by atoms with E-state index in [0.29, 0.717) is 17.1 Å². The maximum Gasteiger partial charge on any atom is 0.164 e. The smallest absolute Gasteiger partial charge is 0.164 e. The Morgan fingerprint density at radius 1 is 0.773 bits per heavy atom. The Morgan fingerprint density at radius 3 is 2.09 bits per heavy atom. The number of rotatable bonds is 3. The Hall–Kier alpha value is -2.94. The van der Waals surface area contributed by atoms with Crippen molar-refractivity contribution in [1.82, 2.24) is 0 Å². The van der Waals surface area contributed by atoms with Crippen LogP contribution in [0.25, 0.3) is 22.9 Å². The molecule has 0 spiro atoms. The van der Waals surface area contributed by atoms with Gasteiger partial charge in [0.15, 0.2) is 5.75 Å². The molecule has 3 nitrogen and oxygen atoms in total. The summed E-state index contributed by atoms with van der Waals surface area (Å²) in [6.45, 7) is 0. The minimum absolute atomic E-state index is 0.530. The Bertz CT molecular complexity index is 830. The van der Waals surface area contributed by atoms with Crippen molar-refractivity contribution in [3.63, 3.8) is 0 Å². The molecule has 0 aromatic heterocycles. The van der Waals surface area contributed by atoms with Crippen LogP contribution in [0.4, 0.5) is 11.4 Å². The van der Waals surface area contributed by atoms with E-state index in [1.807, 2.05) is 36.4 Å². The number of fused-ring (bicyclic) bond motifs is 1. The molecular formula is C19H18N2O. The fourth-order valence-corrected chi connectivity index (χ4v) is 2.53. The number of hydrogen-bond donors (Lipinski definition) is 2. The van der Waals surface area contributed by atoms with Gasteiger partial charge in [-0.25, -0.2) is 0 Å². The zero-order chi connectivity index (χ0) is 15.5. The van der Waals surface area contributed by atoms with E-state index in [0.717, 1.165) is 11.1 Å². The summed E-state index contributed by atoms with van der Waals surface area (Å²) < 4.78 is 5.17. The van der Waals surface area contributed by atoms with Crippen LogP contribution >= 0.6 is 0 Å². The van der Waals surface area contributed by atoms with Crippen molar-refractivity contribution in [2.45, 2.75) is 0 Å². The first-order valence-electron chi connectivity index (χ1n) is 7.07. The molecule has 0 bridgehead atoms. The lowest BCUT2D eigenvalue weighted by Crippen LogP contribution is -1.98. The monoisotopic (exact) mass is 290 g/mol. The summed E-state index contributed by atoms with van der Waals surface area (Å²) in [6.07, 6.45) is 4.05. The van der Waals surface area contributed by atoms with Gasteiger partial charge in [0.1, 0.15) is 0 Å². The molecule has 0 amide bonds. The van der Waals surface area contributed by atoms with Gasteiger partial charge in [-0.05, 0) is 40.1 Å². The Labute approximate surface area is 129 Å². The molecule has 22 heavy (non-hydrogen) atoms. The number of hydrogen-bond acceptors (Lipinski definition) is 3. The van der Waals surface area contributed by atoms with Gasteiger partial charge >= 0.3 is 0 Å². The van der Waals surface area contributed by atoms with Gasteiger partial charge in [0.2, 0.25) is 0 Å². The summed E-state index contributed by atoms with van der Waals surface area (Å²) in [6, 6.07) is 18.4. The largest absolute Gasteiger partial charge is 0.492 e. The number of nitrogens with two attached hydrogens (primary N) is 2. The lowest BCUT2D eigenvalue weighted by molar-refractivity contribution is 0.419. The van der Waals surface area contributed by atoms with Crippen molar-refractivity contribution >= 4 is 34.3 Å². The molecule has 3 heteroatoms. The normalized spacial score (nSPS) is 11.1. The van der Waals surface area contributed by atoms with Crippen molar-refractivity contribution in [3.05, 3.63) is 65.7 Å². The van der Waals surface area contributed by atoms with Crippen LogP contribution in [0.1, 0.15) is 11.1 Å². The molecule has 110 valence electrons. The van der Waals surface area contributed by atoms with E-state index in [1.54, 1.807) is 7.11 Å². The molecule has 0 aliphatic heterocycles. The molecule has 0 radical (unpaired) electrons. The Balaban J connectivity index is 1.92. The highest BCUT2D eigenvalue weighted by Gasteiger charge is 2.05. The second kappa shape index (κ2) is 5.82. The van der Waals surface area contributed by atoms with Crippen molar-refractivity contribution in [2.75, 3.05) is 18.6 Å².